The van der Waals surface area contributed by atoms with Crippen molar-refractivity contribution < 1.29 is 9.53 Å². The van der Waals surface area contributed by atoms with Crippen molar-refractivity contribution >= 4 is 5.97 Å². The van der Waals surface area contributed by atoms with E-state index in [1.54, 1.807) is 0 Å². The number of esters is 1. The Labute approximate surface area is 66.2 Å². The fraction of sp³-hybridized carbons (Fsp3) is 0.444. The Morgan fingerprint density at radius 3 is 3.09 bits per heavy atom. The van der Waals surface area contributed by atoms with Crippen LogP contribution in [0.15, 0.2) is 11.6 Å². The van der Waals surface area contributed by atoms with Crippen LogP contribution < -0.4 is 0 Å². The first kappa shape index (κ1) is 7.87. The number of ether oxygens (including phenoxy) is 1. The van der Waals surface area contributed by atoms with Crippen LogP contribution in [0.25, 0.3) is 0 Å². The summed E-state index contributed by atoms with van der Waals surface area (Å²) < 4.78 is 4.37. The molecule has 0 saturated carbocycles. The topological polar surface area (TPSA) is 26.3 Å². The Morgan fingerprint density at radius 1 is 1.73 bits per heavy atom. The lowest BCUT2D eigenvalue weighted by atomic mass is 10.2. The van der Waals surface area contributed by atoms with Crippen molar-refractivity contribution in [2.75, 3.05) is 7.11 Å². The molecule has 0 unspecified atom stereocenters. The average Bonchev–Trinajstić information content (AvgIpc) is 2.52. The first-order valence-corrected chi connectivity index (χ1v) is 3.62. The van der Waals surface area contributed by atoms with Crippen LogP contribution in [0.2, 0.25) is 0 Å². The van der Waals surface area contributed by atoms with Gasteiger partial charge in [-0.05, 0) is 24.8 Å². The zero-order chi connectivity index (χ0) is 8.10. The molecule has 1 aliphatic carbocycles. The fourth-order valence-electron chi connectivity index (χ4n) is 0.967. The molecule has 1 rings (SSSR count). The molecule has 11 heavy (non-hydrogen) atoms. The summed E-state index contributed by atoms with van der Waals surface area (Å²) in [7, 11) is 1.33. The first-order chi connectivity index (χ1) is 5.33. The molecule has 0 aromatic heterocycles. The number of hydrogen-bond donors (Lipinski definition) is 0. The quantitative estimate of drug-likeness (QED) is 0.295. The Hall–Kier alpha value is -1.23. The van der Waals surface area contributed by atoms with Crippen LogP contribution in [0.5, 0.6) is 0 Å². The molecule has 0 heterocycles. The Morgan fingerprint density at radius 2 is 2.55 bits per heavy atom. The molecular formula is C9H10O2. The Balaban J connectivity index is 2.49. The number of hydrogen-bond acceptors (Lipinski definition) is 2. The second kappa shape index (κ2) is 3.82. The van der Waals surface area contributed by atoms with E-state index in [4.69, 9.17) is 0 Å². The van der Waals surface area contributed by atoms with Gasteiger partial charge in [0.1, 0.15) is 0 Å². The fourth-order valence-corrected chi connectivity index (χ4v) is 0.967. The van der Waals surface area contributed by atoms with Crippen molar-refractivity contribution in [3.8, 4) is 11.8 Å². The summed E-state index contributed by atoms with van der Waals surface area (Å²) in [5.74, 6) is 4.70. The number of methoxy groups -OCH3 is 1. The second-order valence-corrected chi connectivity index (χ2v) is 2.36. The molecule has 2 nitrogen and oxygen atoms in total. The highest BCUT2D eigenvalue weighted by molar-refractivity contribution is 5.88. The van der Waals surface area contributed by atoms with Gasteiger partial charge in [-0.15, -0.1) is 0 Å². The lowest BCUT2D eigenvalue weighted by molar-refractivity contribution is -0.133. The van der Waals surface area contributed by atoms with Crippen LogP contribution in [0.4, 0.5) is 0 Å². The van der Waals surface area contributed by atoms with Crippen molar-refractivity contribution in [2.24, 2.45) is 0 Å². The van der Waals surface area contributed by atoms with Gasteiger partial charge in [-0.3, -0.25) is 0 Å². The van der Waals surface area contributed by atoms with Gasteiger partial charge in [-0.1, -0.05) is 12.0 Å². The van der Waals surface area contributed by atoms with Gasteiger partial charge >= 0.3 is 5.97 Å². The summed E-state index contributed by atoms with van der Waals surface area (Å²) in [6.07, 6.45) is 5.32. The molecule has 0 saturated heterocycles. The number of allylic oxidation sites excluding steroid dienone is 2. The third-order valence-electron chi connectivity index (χ3n) is 1.55. The van der Waals surface area contributed by atoms with Gasteiger partial charge in [0.05, 0.1) is 7.11 Å². The van der Waals surface area contributed by atoms with E-state index in [-0.39, 0.29) is 0 Å². The van der Waals surface area contributed by atoms with Gasteiger partial charge in [-0.2, -0.15) is 0 Å². The Kier molecular flexibility index (Phi) is 2.74. The van der Waals surface area contributed by atoms with Crippen molar-refractivity contribution in [1.29, 1.82) is 0 Å². The lowest BCUT2D eigenvalue weighted by Gasteiger charge is -1.86. The third-order valence-corrected chi connectivity index (χ3v) is 1.55. The SMILES string of the molecule is COC(=O)C#CC1=CCCC1. The predicted molar refractivity (Wildman–Crippen MR) is 41.7 cm³/mol. The molecule has 0 aromatic rings. The molecule has 0 aromatic carbocycles. The highest BCUT2D eigenvalue weighted by atomic mass is 16.5. The van der Waals surface area contributed by atoms with E-state index in [0.717, 1.165) is 24.8 Å². The van der Waals surface area contributed by atoms with E-state index < -0.39 is 5.97 Å². The minimum absolute atomic E-state index is 0.460. The minimum atomic E-state index is -0.460. The third kappa shape index (κ3) is 2.46. The lowest BCUT2D eigenvalue weighted by Crippen LogP contribution is -1.94. The molecule has 0 bridgehead atoms. The van der Waals surface area contributed by atoms with Crippen LogP contribution in [0, 0.1) is 11.8 Å². The predicted octanol–water partition coefficient (Wildman–Crippen LogP) is 1.27. The van der Waals surface area contributed by atoms with Gasteiger partial charge in [-0.25, -0.2) is 4.79 Å². The number of rotatable bonds is 0. The highest BCUT2D eigenvalue weighted by Crippen LogP contribution is 2.15. The molecule has 0 aliphatic heterocycles. The summed E-state index contributed by atoms with van der Waals surface area (Å²) in [5.41, 5.74) is 1.07. The summed E-state index contributed by atoms with van der Waals surface area (Å²) in [4.78, 5) is 10.5. The average molecular weight is 150 g/mol. The molecule has 58 valence electrons. The molecular weight excluding hydrogens is 140 g/mol. The van der Waals surface area contributed by atoms with Gasteiger partial charge in [0, 0.05) is 5.92 Å². The molecule has 1 aliphatic rings. The zero-order valence-electron chi connectivity index (χ0n) is 6.52. The summed E-state index contributed by atoms with van der Waals surface area (Å²) in [6, 6.07) is 0. The maximum Gasteiger partial charge on any atom is 0.384 e. The summed E-state index contributed by atoms with van der Waals surface area (Å²) in [5, 5.41) is 0. The van der Waals surface area contributed by atoms with Crippen molar-refractivity contribution in [1.82, 2.24) is 0 Å². The van der Waals surface area contributed by atoms with E-state index >= 15 is 0 Å². The van der Waals surface area contributed by atoms with Crippen molar-refractivity contribution in [3.05, 3.63) is 11.6 Å². The van der Waals surface area contributed by atoms with Gasteiger partial charge < -0.3 is 4.74 Å². The van der Waals surface area contributed by atoms with E-state index in [0.29, 0.717) is 0 Å². The highest BCUT2D eigenvalue weighted by Gasteiger charge is 2.00. The van der Waals surface area contributed by atoms with Crippen LogP contribution in [0.3, 0.4) is 0 Å². The van der Waals surface area contributed by atoms with Crippen LogP contribution in [0.1, 0.15) is 19.3 Å². The maximum atomic E-state index is 10.5. The molecule has 0 fully saturated rings. The maximum absolute atomic E-state index is 10.5. The van der Waals surface area contributed by atoms with Crippen LogP contribution in [-0.4, -0.2) is 13.1 Å². The van der Waals surface area contributed by atoms with E-state index in [9.17, 15) is 4.79 Å². The first-order valence-electron chi connectivity index (χ1n) is 3.62. The smallest absolute Gasteiger partial charge is 0.384 e. The molecule has 0 spiro atoms. The molecule has 2 heteroatoms. The Bertz CT molecular complexity index is 240. The summed E-state index contributed by atoms with van der Waals surface area (Å²) in [6.45, 7) is 0. The molecule has 0 atom stereocenters. The van der Waals surface area contributed by atoms with E-state index in [2.05, 4.69) is 22.7 Å². The normalized spacial score (nSPS) is 14.8. The largest absolute Gasteiger partial charge is 0.459 e. The van der Waals surface area contributed by atoms with E-state index in [1.807, 2.05) is 0 Å². The number of carbonyl (C=O) groups excluding carboxylic acids is 1. The molecule has 0 N–H and O–H groups in total. The van der Waals surface area contributed by atoms with Crippen molar-refractivity contribution in [3.63, 3.8) is 0 Å². The minimum Gasteiger partial charge on any atom is -0.459 e. The van der Waals surface area contributed by atoms with E-state index in [1.165, 1.54) is 7.11 Å². The second-order valence-electron chi connectivity index (χ2n) is 2.36. The van der Waals surface area contributed by atoms with Gasteiger partial charge in [0.25, 0.3) is 0 Å². The number of carbonyl (C=O) groups is 1. The summed E-state index contributed by atoms with van der Waals surface area (Å²) >= 11 is 0. The molecule has 0 radical (unpaired) electrons. The van der Waals surface area contributed by atoms with Gasteiger partial charge in [0.2, 0.25) is 0 Å². The zero-order valence-corrected chi connectivity index (χ0v) is 6.52. The molecule has 0 amide bonds. The van der Waals surface area contributed by atoms with Crippen LogP contribution >= 0.6 is 0 Å². The standard InChI is InChI=1S/C9H10O2/c1-11-9(10)7-6-8-4-2-3-5-8/h4H,2-3,5H2,1H3. The monoisotopic (exact) mass is 150 g/mol. The van der Waals surface area contributed by atoms with Gasteiger partial charge in [0.15, 0.2) is 0 Å². The van der Waals surface area contributed by atoms with Crippen LogP contribution in [-0.2, 0) is 9.53 Å². The van der Waals surface area contributed by atoms with Crippen molar-refractivity contribution in [2.45, 2.75) is 19.3 Å².